The third-order valence-corrected chi connectivity index (χ3v) is 3.66. The molecular weight excluding hydrogens is 230 g/mol. The molecule has 4 nitrogen and oxygen atoms in total. The van der Waals surface area contributed by atoms with Gasteiger partial charge in [0.15, 0.2) is 0 Å². The molecule has 2 rings (SSSR count). The minimum atomic E-state index is -0.533. The lowest BCUT2D eigenvalue weighted by molar-refractivity contribution is -0.148. The van der Waals surface area contributed by atoms with Gasteiger partial charge in [-0.15, -0.1) is 0 Å². The smallest absolute Gasteiger partial charge is 0.316 e. The van der Waals surface area contributed by atoms with Crippen molar-refractivity contribution in [3.63, 3.8) is 0 Å². The number of carbonyl (C=O) groups excluding carboxylic acids is 1. The number of hydrogen-bond acceptors (Lipinski definition) is 4. The van der Waals surface area contributed by atoms with Crippen LogP contribution in [-0.2, 0) is 14.9 Å². The zero-order valence-electron chi connectivity index (χ0n) is 10.9. The van der Waals surface area contributed by atoms with Crippen LogP contribution >= 0.6 is 0 Å². The van der Waals surface area contributed by atoms with E-state index in [1.807, 2.05) is 24.3 Å². The number of esters is 1. The quantitative estimate of drug-likeness (QED) is 0.824. The summed E-state index contributed by atoms with van der Waals surface area (Å²) in [5.74, 6) is 0.617. The van der Waals surface area contributed by atoms with Crippen LogP contribution in [0.4, 0.5) is 0 Å². The van der Waals surface area contributed by atoms with E-state index in [4.69, 9.17) is 9.47 Å². The van der Waals surface area contributed by atoms with Crippen molar-refractivity contribution in [1.29, 1.82) is 0 Å². The monoisotopic (exact) mass is 249 g/mol. The molecule has 0 aliphatic carbocycles. The number of methoxy groups -OCH3 is 2. The summed E-state index contributed by atoms with van der Waals surface area (Å²) in [4.78, 5) is 12.2. The Morgan fingerprint density at radius 1 is 1.28 bits per heavy atom. The first-order valence-electron chi connectivity index (χ1n) is 6.16. The molecule has 1 fully saturated rings. The lowest BCUT2D eigenvalue weighted by Gasteiger charge is -2.35. The summed E-state index contributed by atoms with van der Waals surface area (Å²) in [5, 5.41) is 3.28. The SMILES string of the molecule is COC(=O)C1(c2cccc(OC)c2)CCNCC1. The number of benzene rings is 1. The second-order valence-corrected chi connectivity index (χ2v) is 4.56. The van der Waals surface area contributed by atoms with E-state index in [0.29, 0.717) is 0 Å². The number of rotatable bonds is 3. The fourth-order valence-corrected chi connectivity index (χ4v) is 2.58. The van der Waals surface area contributed by atoms with Crippen molar-refractivity contribution in [3.8, 4) is 5.75 Å². The molecule has 0 spiro atoms. The molecule has 1 aromatic carbocycles. The number of nitrogens with one attached hydrogen (secondary N) is 1. The Bertz CT molecular complexity index is 425. The highest BCUT2D eigenvalue weighted by molar-refractivity contribution is 5.83. The van der Waals surface area contributed by atoms with E-state index in [9.17, 15) is 4.79 Å². The number of piperidine rings is 1. The van der Waals surface area contributed by atoms with Gasteiger partial charge in [0.2, 0.25) is 0 Å². The van der Waals surface area contributed by atoms with Gasteiger partial charge in [-0.25, -0.2) is 0 Å². The Kier molecular flexibility index (Phi) is 3.87. The largest absolute Gasteiger partial charge is 0.497 e. The van der Waals surface area contributed by atoms with Crippen molar-refractivity contribution in [2.45, 2.75) is 18.3 Å². The second-order valence-electron chi connectivity index (χ2n) is 4.56. The number of hydrogen-bond donors (Lipinski definition) is 1. The standard InChI is InChI=1S/C14H19NO3/c1-17-12-5-3-4-11(10-12)14(13(16)18-2)6-8-15-9-7-14/h3-5,10,15H,6-9H2,1-2H3. The van der Waals surface area contributed by atoms with E-state index in [1.165, 1.54) is 7.11 Å². The predicted octanol–water partition coefficient (Wildman–Crippen LogP) is 1.49. The van der Waals surface area contributed by atoms with Crippen LogP contribution in [0.25, 0.3) is 0 Å². The van der Waals surface area contributed by atoms with Gasteiger partial charge < -0.3 is 14.8 Å². The molecule has 0 unspecified atom stereocenters. The van der Waals surface area contributed by atoms with Crippen LogP contribution in [0.3, 0.4) is 0 Å². The van der Waals surface area contributed by atoms with Gasteiger partial charge in [-0.2, -0.15) is 0 Å². The molecule has 98 valence electrons. The highest BCUT2D eigenvalue weighted by Crippen LogP contribution is 2.36. The van der Waals surface area contributed by atoms with E-state index in [-0.39, 0.29) is 5.97 Å². The van der Waals surface area contributed by atoms with E-state index in [1.54, 1.807) is 7.11 Å². The van der Waals surface area contributed by atoms with Gasteiger partial charge in [-0.3, -0.25) is 4.79 Å². The zero-order valence-corrected chi connectivity index (χ0v) is 10.9. The van der Waals surface area contributed by atoms with E-state index >= 15 is 0 Å². The van der Waals surface area contributed by atoms with Gasteiger partial charge in [0.1, 0.15) is 5.75 Å². The molecule has 0 aromatic heterocycles. The maximum atomic E-state index is 12.2. The number of ether oxygens (including phenoxy) is 2. The van der Waals surface area contributed by atoms with Gasteiger partial charge in [0, 0.05) is 0 Å². The topological polar surface area (TPSA) is 47.6 Å². The van der Waals surface area contributed by atoms with Crippen molar-refractivity contribution >= 4 is 5.97 Å². The summed E-state index contributed by atoms with van der Waals surface area (Å²) in [5.41, 5.74) is 0.448. The van der Waals surface area contributed by atoms with Gasteiger partial charge in [-0.1, -0.05) is 12.1 Å². The van der Waals surface area contributed by atoms with E-state index < -0.39 is 5.41 Å². The van der Waals surface area contributed by atoms with Crippen molar-refractivity contribution < 1.29 is 14.3 Å². The molecule has 1 saturated heterocycles. The van der Waals surface area contributed by atoms with Crippen LogP contribution in [0, 0.1) is 0 Å². The average molecular weight is 249 g/mol. The first kappa shape index (κ1) is 12.9. The summed E-state index contributed by atoms with van der Waals surface area (Å²) in [6, 6.07) is 7.71. The van der Waals surface area contributed by atoms with Gasteiger partial charge in [0.05, 0.1) is 19.6 Å². The van der Waals surface area contributed by atoms with Crippen LogP contribution in [0.1, 0.15) is 18.4 Å². The molecule has 4 heteroatoms. The summed E-state index contributed by atoms with van der Waals surface area (Å²) >= 11 is 0. The molecule has 1 aromatic rings. The maximum Gasteiger partial charge on any atom is 0.316 e. The van der Waals surface area contributed by atoms with Crippen LogP contribution in [0.5, 0.6) is 5.75 Å². The molecule has 0 saturated carbocycles. The van der Waals surface area contributed by atoms with Crippen LogP contribution in [0.15, 0.2) is 24.3 Å². The minimum Gasteiger partial charge on any atom is -0.497 e. The van der Waals surface area contributed by atoms with Gasteiger partial charge in [0.25, 0.3) is 0 Å². The Labute approximate surface area is 107 Å². The van der Waals surface area contributed by atoms with E-state index in [0.717, 1.165) is 37.2 Å². The Hall–Kier alpha value is -1.55. The number of carbonyl (C=O) groups is 1. The van der Waals surface area contributed by atoms with Gasteiger partial charge in [-0.05, 0) is 43.6 Å². The highest BCUT2D eigenvalue weighted by Gasteiger charge is 2.42. The molecule has 0 amide bonds. The lowest BCUT2D eigenvalue weighted by atomic mass is 9.73. The Balaban J connectivity index is 2.41. The lowest BCUT2D eigenvalue weighted by Crippen LogP contribution is -2.46. The van der Waals surface area contributed by atoms with Crippen LogP contribution in [-0.4, -0.2) is 33.3 Å². The normalized spacial score (nSPS) is 18.1. The van der Waals surface area contributed by atoms with Crippen molar-refractivity contribution in [3.05, 3.63) is 29.8 Å². The molecule has 18 heavy (non-hydrogen) atoms. The van der Waals surface area contributed by atoms with Crippen molar-refractivity contribution in [2.75, 3.05) is 27.3 Å². The van der Waals surface area contributed by atoms with Crippen LogP contribution in [0.2, 0.25) is 0 Å². The first-order valence-corrected chi connectivity index (χ1v) is 6.16. The third kappa shape index (κ3) is 2.20. The average Bonchev–Trinajstić information content (AvgIpc) is 2.47. The second kappa shape index (κ2) is 5.40. The molecular formula is C14H19NO3. The van der Waals surface area contributed by atoms with Crippen LogP contribution < -0.4 is 10.1 Å². The molecule has 1 aliphatic heterocycles. The molecule has 1 aliphatic rings. The minimum absolute atomic E-state index is 0.155. The summed E-state index contributed by atoms with van der Waals surface area (Å²) < 4.78 is 10.2. The zero-order chi connectivity index (χ0) is 13.0. The maximum absolute atomic E-state index is 12.2. The predicted molar refractivity (Wildman–Crippen MR) is 68.8 cm³/mol. The van der Waals surface area contributed by atoms with Crippen molar-refractivity contribution in [2.24, 2.45) is 0 Å². The Morgan fingerprint density at radius 3 is 2.61 bits per heavy atom. The summed E-state index contributed by atoms with van der Waals surface area (Å²) in [6.45, 7) is 1.65. The summed E-state index contributed by atoms with van der Waals surface area (Å²) in [7, 11) is 3.08. The molecule has 0 atom stereocenters. The molecule has 1 N–H and O–H groups in total. The molecule has 0 radical (unpaired) electrons. The first-order chi connectivity index (χ1) is 8.73. The van der Waals surface area contributed by atoms with E-state index in [2.05, 4.69) is 5.32 Å². The van der Waals surface area contributed by atoms with Crippen molar-refractivity contribution in [1.82, 2.24) is 5.32 Å². The fourth-order valence-electron chi connectivity index (χ4n) is 2.58. The van der Waals surface area contributed by atoms with Gasteiger partial charge >= 0.3 is 5.97 Å². The Morgan fingerprint density at radius 2 is 2.00 bits per heavy atom. The fraction of sp³-hybridized carbons (Fsp3) is 0.500. The highest BCUT2D eigenvalue weighted by atomic mass is 16.5. The summed E-state index contributed by atoms with van der Waals surface area (Å²) in [6.07, 6.45) is 1.51. The third-order valence-electron chi connectivity index (χ3n) is 3.66. The molecule has 0 bridgehead atoms. The molecule has 1 heterocycles.